The third-order valence-electron chi connectivity index (χ3n) is 5.09. The lowest BCUT2D eigenvalue weighted by Crippen LogP contribution is -1.99. The fraction of sp³-hybridized carbons (Fsp3) is 0.148. The van der Waals surface area contributed by atoms with Crippen molar-refractivity contribution in [3.8, 4) is 17.6 Å². The van der Waals surface area contributed by atoms with E-state index in [1.165, 1.54) is 12.1 Å². The highest BCUT2D eigenvalue weighted by Crippen LogP contribution is 2.21. The number of fused-ring (bicyclic) bond motifs is 1. The van der Waals surface area contributed by atoms with Crippen molar-refractivity contribution < 1.29 is 22.3 Å². The standard InChI is InChI=1S/C27H19F4NO/c1-2-33-22-9-8-21(32-16-22)7-4-18-12-24(28)23(25(29)13-18)10-5-17-3-6-19-14-26(30)27(31)15-20(19)11-17/h3,6,8-9,11-16H,2,4,7H2,1H3. The molecule has 166 valence electrons. The summed E-state index contributed by atoms with van der Waals surface area (Å²) < 4.78 is 61.3. The lowest BCUT2D eigenvalue weighted by atomic mass is 10.0. The van der Waals surface area contributed by atoms with Gasteiger partial charge in [0.25, 0.3) is 0 Å². The molecule has 2 nitrogen and oxygen atoms in total. The molecule has 0 N–H and O–H groups in total. The van der Waals surface area contributed by atoms with Crippen LogP contribution in [0.4, 0.5) is 17.6 Å². The summed E-state index contributed by atoms with van der Waals surface area (Å²) in [7, 11) is 0. The molecule has 6 heteroatoms. The molecule has 0 aliphatic rings. The Balaban J connectivity index is 1.50. The van der Waals surface area contributed by atoms with Gasteiger partial charge < -0.3 is 4.74 Å². The molecule has 0 bridgehead atoms. The van der Waals surface area contributed by atoms with Gasteiger partial charge in [0.05, 0.1) is 18.4 Å². The van der Waals surface area contributed by atoms with Crippen LogP contribution in [0.25, 0.3) is 10.8 Å². The maximum atomic E-state index is 14.6. The molecule has 0 amide bonds. The minimum atomic E-state index is -0.972. The Morgan fingerprint density at radius 3 is 2.15 bits per heavy atom. The average molecular weight is 449 g/mol. The Kier molecular flexibility index (Phi) is 6.60. The molecule has 4 rings (SSSR count). The van der Waals surface area contributed by atoms with Crippen molar-refractivity contribution in [1.82, 2.24) is 4.98 Å². The second-order valence-corrected chi connectivity index (χ2v) is 7.43. The predicted molar refractivity (Wildman–Crippen MR) is 119 cm³/mol. The number of halogens is 4. The average Bonchev–Trinajstić information content (AvgIpc) is 2.79. The van der Waals surface area contributed by atoms with Gasteiger partial charge in [-0.05, 0) is 84.6 Å². The second kappa shape index (κ2) is 9.74. The van der Waals surface area contributed by atoms with Gasteiger partial charge >= 0.3 is 0 Å². The van der Waals surface area contributed by atoms with Crippen LogP contribution in [0.5, 0.6) is 5.75 Å². The van der Waals surface area contributed by atoms with Crippen LogP contribution in [-0.4, -0.2) is 11.6 Å². The summed E-state index contributed by atoms with van der Waals surface area (Å²) >= 11 is 0. The van der Waals surface area contributed by atoms with Gasteiger partial charge in [0.15, 0.2) is 11.6 Å². The van der Waals surface area contributed by atoms with E-state index in [-0.39, 0.29) is 5.56 Å². The molecule has 1 aromatic heterocycles. The summed E-state index contributed by atoms with van der Waals surface area (Å²) in [6, 6.07) is 13.0. The van der Waals surface area contributed by atoms with Gasteiger partial charge in [0, 0.05) is 11.3 Å². The maximum Gasteiger partial charge on any atom is 0.159 e. The van der Waals surface area contributed by atoms with Crippen molar-refractivity contribution in [3.05, 3.63) is 106 Å². The molecule has 0 atom stereocenters. The van der Waals surface area contributed by atoms with Gasteiger partial charge in [-0.15, -0.1) is 0 Å². The van der Waals surface area contributed by atoms with Crippen LogP contribution in [0, 0.1) is 35.1 Å². The highest BCUT2D eigenvalue weighted by molar-refractivity contribution is 5.84. The number of aryl methyl sites for hydroxylation is 2. The SMILES string of the molecule is CCOc1ccc(CCc2cc(F)c(C#Cc3ccc4cc(F)c(F)cc4c3)c(F)c2)nc1. The van der Waals surface area contributed by atoms with E-state index in [0.29, 0.717) is 47.1 Å². The first-order chi connectivity index (χ1) is 15.9. The number of aromatic nitrogens is 1. The number of rotatable bonds is 5. The largest absolute Gasteiger partial charge is 0.492 e. The Hall–Kier alpha value is -3.85. The number of ether oxygens (including phenoxy) is 1. The van der Waals surface area contributed by atoms with Gasteiger partial charge in [-0.25, -0.2) is 17.6 Å². The fourth-order valence-electron chi connectivity index (χ4n) is 3.43. The first-order valence-corrected chi connectivity index (χ1v) is 10.4. The molecule has 0 saturated carbocycles. The quantitative estimate of drug-likeness (QED) is 0.261. The Morgan fingerprint density at radius 1 is 0.758 bits per heavy atom. The molecule has 0 radical (unpaired) electrons. The zero-order valence-electron chi connectivity index (χ0n) is 17.8. The molecule has 0 spiro atoms. The van der Waals surface area contributed by atoms with Crippen molar-refractivity contribution in [2.24, 2.45) is 0 Å². The normalized spacial score (nSPS) is 10.7. The molecule has 0 aliphatic carbocycles. The number of pyridine rings is 1. The molecule has 0 saturated heterocycles. The predicted octanol–water partition coefficient (Wildman–Crippen LogP) is 6.37. The van der Waals surface area contributed by atoms with Crippen molar-refractivity contribution >= 4 is 10.8 Å². The maximum absolute atomic E-state index is 14.6. The van der Waals surface area contributed by atoms with Crippen LogP contribution in [0.3, 0.4) is 0 Å². The first kappa shape index (κ1) is 22.3. The summed E-state index contributed by atoms with van der Waals surface area (Å²) in [5.74, 6) is 2.45. The van der Waals surface area contributed by atoms with E-state index >= 15 is 0 Å². The third kappa shape index (κ3) is 5.32. The van der Waals surface area contributed by atoms with E-state index in [0.717, 1.165) is 17.8 Å². The topological polar surface area (TPSA) is 22.1 Å². The Morgan fingerprint density at radius 2 is 1.48 bits per heavy atom. The summed E-state index contributed by atoms with van der Waals surface area (Å²) in [6.07, 6.45) is 2.55. The van der Waals surface area contributed by atoms with E-state index in [9.17, 15) is 17.6 Å². The zero-order valence-corrected chi connectivity index (χ0v) is 17.8. The molecule has 33 heavy (non-hydrogen) atoms. The van der Waals surface area contributed by atoms with Crippen LogP contribution < -0.4 is 4.74 Å². The van der Waals surface area contributed by atoms with Gasteiger partial charge in [-0.3, -0.25) is 4.98 Å². The van der Waals surface area contributed by atoms with E-state index in [1.807, 2.05) is 19.1 Å². The number of hydrogen-bond donors (Lipinski definition) is 0. The molecular formula is C27H19F4NO. The summed E-state index contributed by atoms with van der Waals surface area (Å²) in [6.45, 7) is 2.43. The summed E-state index contributed by atoms with van der Waals surface area (Å²) in [5.41, 5.74) is 1.37. The van der Waals surface area contributed by atoms with Crippen molar-refractivity contribution in [2.75, 3.05) is 6.61 Å². The van der Waals surface area contributed by atoms with Crippen LogP contribution in [0.15, 0.2) is 60.8 Å². The van der Waals surface area contributed by atoms with Crippen LogP contribution in [0.1, 0.15) is 29.3 Å². The van der Waals surface area contributed by atoms with Crippen molar-refractivity contribution in [3.63, 3.8) is 0 Å². The second-order valence-electron chi connectivity index (χ2n) is 7.43. The molecular weight excluding hydrogens is 430 g/mol. The molecule has 0 aliphatic heterocycles. The van der Waals surface area contributed by atoms with Gasteiger partial charge in [-0.1, -0.05) is 17.9 Å². The monoisotopic (exact) mass is 449 g/mol. The molecule has 0 unspecified atom stereocenters. The van der Waals surface area contributed by atoms with Crippen LogP contribution in [0.2, 0.25) is 0 Å². The fourth-order valence-corrected chi connectivity index (χ4v) is 3.43. The Bertz CT molecular complexity index is 1350. The zero-order chi connectivity index (χ0) is 23.4. The first-order valence-electron chi connectivity index (χ1n) is 10.4. The van der Waals surface area contributed by atoms with E-state index < -0.39 is 23.3 Å². The highest BCUT2D eigenvalue weighted by atomic mass is 19.2. The van der Waals surface area contributed by atoms with E-state index in [2.05, 4.69) is 16.8 Å². The Labute approximate surface area is 188 Å². The number of hydrogen-bond acceptors (Lipinski definition) is 2. The minimum Gasteiger partial charge on any atom is -0.492 e. The molecule has 0 fully saturated rings. The van der Waals surface area contributed by atoms with Crippen molar-refractivity contribution in [2.45, 2.75) is 19.8 Å². The molecule has 3 aromatic carbocycles. The highest BCUT2D eigenvalue weighted by Gasteiger charge is 2.10. The van der Waals surface area contributed by atoms with Gasteiger partial charge in [0.2, 0.25) is 0 Å². The smallest absolute Gasteiger partial charge is 0.159 e. The van der Waals surface area contributed by atoms with Crippen LogP contribution in [-0.2, 0) is 12.8 Å². The van der Waals surface area contributed by atoms with Crippen LogP contribution >= 0.6 is 0 Å². The van der Waals surface area contributed by atoms with Crippen molar-refractivity contribution in [1.29, 1.82) is 0 Å². The molecule has 4 aromatic rings. The van der Waals surface area contributed by atoms with E-state index in [1.54, 1.807) is 24.4 Å². The number of benzene rings is 3. The van der Waals surface area contributed by atoms with Gasteiger partial charge in [-0.2, -0.15) is 0 Å². The van der Waals surface area contributed by atoms with E-state index in [4.69, 9.17) is 4.74 Å². The lowest BCUT2D eigenvalue weighted by molar-refractivity contribution is 0.338. The third-order valence-corrected chi connectivity index (χ3v) is 5.09. The summed E-state index contributed by atoms with van der Waals surface area (Å²) in [5, 5.41) is 0.947. The van der Waals surface area contributed by atoms with Gasteiger partial charge in [0.1, 0.15) is 17.4 Å². The molecule has 1 heterocycles. The summed E-state index contributed by atoms with van der Waals surface area (Å²) in [4.78, 5) is 4.29. The minimum absolute atomic E-state index is 0.344. The lowest BCUT2D eigenvalue weighted by Gasteiger charge is -2.06. The number of nitrogens with zero attached hydrogens (tertiary/aromatic N) is 1.